The van der Waals surface area contributed by atoms with E-state index < -0.39 is 0 Å². The average molecular weight is 271 g/mol. The molecule has 5 heteroatoms. The number of likely N-dealkylation sites (N-methyl/N-ethyl adjacent to an activating group) is 1. The summed E-state index contributed by atoms with van der Waals surface area (Å²) in [6, 6.07) is 0.548. The van der Waals surface area contributed by atoms with Crippen LogP contribution in [0.3, 0.4) is 0 Å². The maximum Gasteiger partial charge on any atom is 0.317 e. The molecule has 0 unspecified atom stereocenters. The predicted octanol–water partition coefficient (Wildman–Crippen LogP) is 1.54. The van der Waals surface area contributed by atoms with Gasteiger partial charge in [0, 0.05) is 32.2 Å². The maximum atomic E-state index is 12.1. The van der Waals surface area contributed by atoms with E-state index in [4.69, 9.17) is 4.74 Å². The molecule has 2 amide bonds. The smallest absolute Gasteiger partial charge is 0.317 e. The molecule has 1 rings (SSSR count). The SMILES string of the molecule is CCN(CCNC(=O)N1C[C@H](C)O[C@@H](C)C1)C(C)C. The molecule has 2 atom stereocenters. The number of rotatable bonds is 5. The second kappa shape index (κ2) is 7.70. The van der Waals surface area contributed by atoms with Gasteiger partial charge in [-0.1, -0.05) is 6.92 Å². The normalized spacial score (nSPS) is 24.1. The van der Waals surface area contributed by atoms with Crippen molar-refractivity contribution >= 4 is 6.03 Å². The molecule has 1 N–H and O–H groups in total. The summed E-state index contributed by atoms with van der Waals surface area (Å²) < 4.78 is 5.63. The summed E-state index contributed by atoms with van der Waals surface area (Å²) in [5.41, 5.74) is 0. The number of carbonyl (C=O) groups excluding carboxylic acids is 1. The maximum absolute atomic E-state index is 12.1. The van der Waals surface area contributed by atoms with Gasteiger partial charge in [0.2, 0.25) is 0 Å². The summed E-state index contributed by atoms with van der Waals surface area (Å²) in [4.78, 5) is 16.3. The molecule has 0 spiro atoms. The van der Waals surface area contributed by atoms with Gasteiger partial charge in [0.15, 0.2) is 0 Å². The van der Waals surface area contributed by atoms with Gasteiger partial charge in [-0.15, -0.1) is 0 Å². The zero-order chi connectivity index (χ0) is 14.4. The van der Waals surface area contributed by atoms with Crippen LogP contribution in [0.15, 0.2) is 0 Å². The van der Waals surface area contributed by atoms with Gasteiger partial charge in [-0.05, 0) is 34.2 Å². The number of hydrogen-bond acceptors (Lipinski definition) is 3. The molecule has 0 bridgehead atoms. The minimum absolute atomic E-state index is 0.0295. The lowest BCUT2D eigenvalue weighted by Crippen LogP contribution is -2.52. The standard InChI is InChI=1S/C14H29N3O2/c1-6-16(11(2)3)8-7-15-14(18)17-9-12(4)19-13(5)10-17/h11-13H,6-10H2,1-5H3,(H,15,18)/t12-,13-/m0/s1. The first-order valence-corrected chi connectivity index (χ1v) is 7.36. The van der Waals surface area contributed by atoms with Crippen LogP contribution in [0.2, 0.25) is 0 Å². The number of carbonyl (C=O) groups is 1. The summed E-state index contributed by atoms with van der Waals surface area (Å²) in [5.74, 6) is 0. The van der Waals surface area contributed by atoms with Crippen LogP contribution in [0.4, 0.5) is 4.79 Å². The molecule has 0 aromatic heterocycles. The van der Waals surface area contributed by atoms with Gasteiger partial charge in [0.25, 0.3) is 0 Å². The Morgan fingerprint density at radius 3 is 2.42 bits per heavy atom. The third-order valence-corrected chi connectivity index (χ3v) is 3.52. The van der Waals surface area contributed by atoms with Crippen LogP contribution in [-0.4, -0.2) is 66.8 Å². The number of amides is 2. The van der Waals surface area contributed by atoms with Gasteiger partial charge in [-0.2, -0.15) is 0 Å². The van der Waals surface area contributed by atoms with E-state index in [1.54, 1.807) is 0 Å². The van der Waals surface area contributed by atoms with E-state index in [1.165, 1.54) is 0 Å². The predicted molar refractivity (Wildman–Crippen MR) is 77.4 cm³/mol. The fraction of sp³-hybridized carbons (Fsp3) is 0.929. The lowest BCUT2D eigenvalue weighted by Gasteiger charge is -2.35. The van der Waals surface area contributed by atoms with Gasteiger partial charge in [0.05, 0.1) is 12.2 Å². The van der Waals surface area contributed by atoms with E-state index in [0.717, 1.165) is 13.1 Å². The molecule has 0 aliphatic carbocycles. The lowest BCUT2D eigenvalue weighted by molar-refractivity contribution is -0.0545. The molecular formula is C14H29N3O2. The Morgan fingerprint density at radius 1 is 1.37 bits per heavy atom. The molecule has 1 aliphatic heterocycles. The average Bonchev–Trinajstić information content (AvgIpc) is 2.32. The molecule has 0 radical (unpaired) electrons. The van der Waals surface area contributed by atoms with Crippen molar-refractivity contribution in [1.29, 1.82) is 0 Å². The number of urea groups is 1. The summed E-state index contributed by atoms with van der Waals surface area (Å²) in [6.45, 7) is 14.5. The molecule has 1 heterocycles. The largest absolute Gasteiger partial charge is 0.372 e. The van der Waals surface area contributed by atoms with Crippen molar-refractivity contribution in [3.05, 3.63) is 0 Å². The second-order valence-corrected chi connectivity index (χ2v) is 5.62. The van der Waals surface area contributed by atoms with Crippen LogP contribution in [0.5, 0.6) is 0 Å². The summed E-state index contributed by atoms with van der Waals surface area (Å²) in [5, 5.41) is 3.00. The Kier molecular flexibility index (Phi) is 6.58. The minimum atomic E-state index is 0.0295. The van der Waals surface area contributed by atoms with Gasteiger partial charge < -0.3 is 15.0 Å². The first kappa shape index (κ1) is 16.2. The molecule has 0 aromatic carbocycles. The number of hydrogen-bond donors (Lipinski definition) is 1. The molecule has 0 saturated carbocycles. The Bertz CT molecular complexity index is 274. The van der Waals surface area contributed by atoms with E-state index in [-0.39, 0.29) is 18.2 Å². The van der Waals surface area contributed by atoms with Gasteiger partial charge in [-0.25, -0.2) is 4.79 Å². The first-order valence-electron chi connectivity index (χ1n) is 7.36. The van der Waals surface area contributed by atoms with Crippen LogP contribution in [0.1, 0.15) is 34.6 Å². The molecule has 0 aromatic rings. The van der Waals surface area contributed by atoms with E-state index in [2.05, 4.69) is 31.0 Å². The quantitative estimate of drug-likeness (QED) is 0.825. The van der Waals surface area contributed by atoms with Gasteiger partial charge in [0.1, 0.15) is 0 Å². The zero-order valence-electron chi connectivity index (χ0n) is 13.0. The first-order chi connectivity index (χ1) is 8.93. The summed E-state index contributed by atoms with van der Waals surface area (Å²) in [7, 11) is 0. The Labute approximate surface area is 117 Å². The third kappa shape index (κ3) is 5.37. The number of nitrogens with zero attached hydrogens (tertiary/aromatic N) is 2. The Hall–Kier alpha value is -0.810. The number of ether oxygens (including phenoxy) is 1. The van der Waals surface area contributed by atoms with Gasteiger partial charge in [-0.3, -0.25) is 4.90 Å². The molecule has 1 saturated heterocycles. The summed E-state index contributed by atoms with van der Waals surface area (Å²) in [6.07, 6.45) is 0.245. The van der Waals surface area contributed by atoms with Crippen molar-refractivity contribution in [2.75, 3.05) is 32.7 Å². The highest BCUT2D eigenvalue weighted by Crippen LogP contribution is 2.10. The number of morpholine rings is 1. The Balaban J connectivity index is 2.31. The molecule has 5 nitrogen and oxygen atoms in total. The van der Waals surface area contributed by atoms with Crippen molar-refractivity contribution in [2.24, 2.45) is 0 Å². The van der Waals surface area contributed by atoms with E-state index in [0.29, 0.717) is 25.7 Å². The highest BCUT2D eigenvalue weighted by molar-refractivity contribution is 5.74. The molecule has 1 fully saturated rings. The van der Waals surface area contributed by atoms with Crippen LogP contribution < -0.4 is 5.32 Å². The summed E-state index contributed by atoms with van der Waals surface area (Å²) >= 11 is 0. The molecular weight excluding hydrogens is 242 g/mol. The monoisotopic (exact) mass is 271 g/mol. The van der Waals surface area contributed by atoms with Crippen LogP contribution in [-0.2, 0) is 4.74 Å². The topological polar surface area (TPSA) is 44.8 Å². The fourth-order valence-corrected chi connectivity index (χ4v) is 2.54. The molecule has 19 heavy (non-hydrogen) atoms. The van der Waals surface area contributed by atoms with Gasteiger partial charge >= 0.3 is 6.03 Å². The Morgan fingerprint density at radius 2 is 1.95 bits per heavy atom. The molecule has 112 valence electrons. The van der Waals surface area contributed by atoms with Crippen molar-refractivity contribution in [3.8, 4) is 0 Å². The van der Waals surface area contributed by atoms with Crippen molar-refractivity contribution in [3.63, 3.8) is 0 Å². The van der Waals surface area contributed by atoms with E-state index in [1.807, 2.05) is 18.7 Å². The highest BCUT2D eigenvalue weighted by atomic mass is 16.5. The second-order valence-electron chi connectivity index (χ2n) is 5.62. The van der Waals surface area contributed by atoms with Crippen molar-refractivity contribution in [2.45, 2.75) is 52.9 Å². The van der Waals surface area contributed by atoms with Crippen LogP contribution >= 0.6 is 0 Å². The fourth-order valence-electron chi connectivity index (χ4n) is 2.54. The molecule has 1 aliphatic rings. The van der Waals surface area contributed by atoms with Crippen molar-refractivity contribution in [1.82, 2.24) is 15.1 Å². The number of nitrogens with one attached hydrogen (secondary N) is 1. The van der Waals surface area contributed by atoms with E-state index >= 15 is 0 Å². The third-order valence-electron chi connectivity index (χ3n) is 3.52. The zero-order valence-corrected chi connectivity index (χ0v) is 13.0. The van der Waals surface area contributed by atoms with E-state index in [9.17, 15) is 4.79 Å². The van der Waals surface area contributed by atoms with Crippen molar-refractivity contribution < 1.29 is 9.53 Å². The minimum Gasteiger partial charge on any atom is -0.372 e. The lowest BCUT2D eigenvalue weighted by atomic mass is 10.2. The van der Waals surface area contributed by atoms with Crippen LogP contribution in [0, 0.1) is 0 Å². The highest BCUT2D eigenvalue weighted by Gasteiger charge is 2.25. The van der Waals surface area contributed by atoms with Crippen LogP contribution in [0.25, 0.3) is 0 Å².